The van der Waals surface area contributed by atoms with Gasteiger partial charge >= 0.3 is 12.4 Å². The molecule has 170 valence electrons. The van der Waals surface area contributed by atoms with E-state index in [0.29, 0.717) is 18.8 Å². The van der Waals surface area contributed by atoms with E-state index in [2.05, 4.69) is 14.8 Å². The fraction of sp³-hybridized carbons (Fsp3) is 0.600. The number of hydrogen-bond donors (Lipinski definition) is 1. The maximum absolute atomic E-state index is 13.8. The van der Waals surface area contributed by atoms with Crippen LogP contribution in [0.5, 0.6) is 0 Å². The van der Waals surface area contributed by atoms with Crippen molar-refractivity contribution in [1.29, 1.82) is 0 Å². The molecule has 1 heterocycles. The highest BCUT2D eigenvalue weighted by Crippen LogP contribution is 2.53. The number of anilines is 1. The van der Waals surface area contributed by atoms with Gasteiger partial charge in [0.25, 0.3) is 5.60 Å². The van der Waals surface area contributed by atoms with Crippen LogP contribution in [0.2, 0.25) is 0 Å². The Bertz CT molecular complexity index is 734. The molecule has 0 aliphatic carbocycles. The van der Waals surface area contributed by atoms with Gasteiger partial charge in [0.05, 0.1) is 0 Å². The fourth-order valence-electron chi connectivity index (χ4n) is 3.59. The molecule has 30 heavy (non-hydrogen) atoms. The van der Waals surface area contributed by atoms with Crippen molar-refractivity contribution in [3.05, 3.63) is 35.4 Å². The van der Waals surface area contributed by atoms with Gasteiger partial charge in [-0.3, -0.25) is 0 Å². The Morgan fingerprint density at radius 3 is 2.30 bits per heavy atom. The van der Waals surface area contributed by atoms with Crippen LogP contribution >= 0.6 is 0 Å². The third-order valence-corrected chi connectivity index (χ3v) is 5.05. The second-order valence-corrected chi connectivity index (χ2v) is 7.31. The van der Waals surface area contributed by atoms with Crippen molar-refractivity contribution in [2.45, 2.75) is 50.8 Å². The van der Waals surface area contributed by atoms with Crippen molar-refractivity contribution in [2.75, 3.05) is 31.9 Å². The molecule has 1 aromatic carbocycles. The van der Waals surface area contributed by atoms with Gasteiger partial charge < -0.3 is 19.7 Å². The molecule has 0 amide bonds. The molecule has 0 unspecified atom stereocenters. The summed E-state index contributed by atoms with van der Waals surface area (Å²) in [5.41, 5.74) is -4.75. The van der Waals surface area contributed by atoms with Crippen LogP contribution in [0.25, 0.3) is 6.08 Å². The predicted molar refractivity (Wildman–Crippen MR) is 102 cm³/mol. The molecule has 1 aliphatic rings. The first kappa shape index (κ1) is 24.5. The quantitative estimate of drug-likeness (QED) is 0.507. The minimum absolute atomic E-state index is 0.00999. The van der Waals surface area contributed by atoms with E-state index in [1.54, 1.807) is 13.0 Å². The first-order valence-electron chi connectivity index (χ1n) is 9.42. The van der Waals surface area contributed by atoms with E-state index in [1.165, 1.54) is 12.1 Å². The molecular weight excluding hydrogens is 414 g/mol. The summed E-state index contributed by atoms with van der Waals surface area (Å²) < 4.78 is 91.7. The van der Waals surface area contributed by atoms with E-state index in [-0.39, 0.29) is 17.6 Å². The van der Waals surface area contributed by atoms with Gasteiger partial charge in [0.1, 0.15) is 6.79 Å². The molecule has 4 nitrogen and oxygen atoms in total. The molecule has 0 aromatic heterocycles. The van der Waals surface area contributed by atoms with Crippen LogP contribution in [0.1, 0.15) is 31.9 Å². The number of nitrogens with zero attached hydrogens (tertiary/aromatic N) is 1. The molecule has 1 aliphatic heterocycles. The van der Waals surface area contributed by atoms with Crippen LogP contribution in [-0.4, -0.2) is 51.4 Å². The molecule has 0 saturated carbocycles. The lowest BCUT2D eigenvalue weighted by Crippen LogP contribution is -2.56. The minimum Gasteiger partial charge on any atom is -0.366 e. The highest BCUT2D eigenvalue weighted by Gasteiger charge is 2.73. The summed E-state index contributed by atoms with van der Waals surface area (Å²) in [4.78, 5) is 1.97. The standard InChI is InChI=1S/C20H26F6N2O2/c1-5-6-15-9-16(7-8-17(15)28-11-13(2)27-10-14(28)3)18(19(21,22)23,20(24,25)26)30-12-29-4/h5-9,13-14,27H,10-12H2,1-4H3/b6-5-/t13-,14+/m0/s1. The fourth-order valence-corrected chi connectivity index (χ4v) is 3.59. The van der Waals surface area contributed by atoms with Gasteiger partial charge in [-0.2, -0.15) is 26.3 Å². The molecule has 1 fully saturated rings. The Morgan fingerprint density at radius 1 is 1.13 bits per heavy atom. The normalized spacial score (nSPS) is 21.5. The zero-order chi connectivity index (χ0) is 22.7. The summed E-state index contributed by atoms with van der Waals surface area (Å²) in [6.07, 6.45) is -8.45. The number of nitrogens with one attached hydrogen (secondary N) is 1. The van der Waals surface area contributed by atoms with E-state index < -0.39 is 30.3 Å². The average molecular weight is 440 g/mol. The Hall–Kier alpha value is -1.78. The largest absolute Gasteiger partial charge is 0.430 e. The monoisotopic (exact) mass is 440 g/mol. The lowest BCUT2D eigenvalue weighted by Gasteiger charge is -2.41. The molecule has 0 spiro atoms. The van der Waals surface area contributed by atoms with Crippen LogP contribution in [0.3, 0.4) is 0 Å². The van der Waals surface area contributed by atoms with Gasteiger partial charge in [-0.25, -0.2) is 0 Å². The number of piperazine rings is 1. The van der Waals surface area contributed by atoms with E-state index >= 15 is 0 Å². The Balaban J connectivity index is 2.68. The lowest BCUT2D eigenvalue weighted by atomic mass is 9.89. The third-order valence-electron chi connectivity index (χ3n) is 5.05. The second-order valence-electron chi connectivity index (χ2n) is 7.31. The van der Waals surface area contributed by atoms with Crippen LogP contribution in [0.4, 0.5) is 32.0 Å². The summed E-state index contributed by atoms with van der Waals surface area (Å²) in [7, 11) is 0.957. The molecule has 2 atom stereocenters. The average Bonchev–Trinajstić information content (AvgIpc) is 2.63. The molecule has 1 saturated heterocycles. The Morgan fingerprint density at radius 2 is 1.77 bits per heavy atom. The predicted octanol–water partition coefficient (Wildman–Crippen LogP) is 4.85. The van der Waals surface area contributed by atoms with Crippen molar-refractivity contribution in [3.63, 3.8) is 0 Å². The molecule has 0 radical (unpaired) electrons. The van der Waals surface area contributed by atoms with Gasteiger partial charge in [-0.15, -0.1) is 0 Å². The molecule has 2 rings (SSSR count). The summed E-state index contributed by atoms with van der Waals surface area (Å²) in [6.45, 7) is 5.57. The summed E-state index contributed by atoms with van der Waals surface area (Å²) in [6, 6.07) is 3.15. The number of methoxy groups -OCH3 is 1. The molecule has 1 aromatic rings. The molecular formula is C20H26F6N2O2. The zero-order valence-corrected chi connectivity index (χ0v) is 17.2. The number of benzene rings is 1. The van der Waals surface area contributed by atoms with Crippen molar-refractivity contribution < 1.29 is 35.8 Å². The zero-order valence-electron chi connectivity index (χ0n) is 17.2. The third kappa shape index (κ3) is 4.60. The molecule has 0 bridgehead atoms. The van der Waals surface area contributed by atoms with E-state index in [4.69, 9.17) is 0 Å². The van der Waals surface area contributed by atoms with Crippen molar-refractivity contribution in [2.24, 2.45) is 0 Å². The smallest absolute Gasteiger partial charge is 0.366 e. The van der Waals surface area contributed by atoms with Gasteiger partial charge in [0.2, 0.25) is 0 Å². The van der Waals surface area contributed by atoms with E-state index in [0.717, 1.165) is 19.2 Å². The maximum Gasteiger partial charge on any atom is 0.430 e. The van der Waals surface area contributed by atoms with Crippen molar-refractivity contribution >= 4 is 11.8 Å². The molecule has 10 heteroatoms. The first-order valence-corrected chi connectivity index (χ1v) is 9.42. The first-order chi connectivity index (χ1) is 13.9. The second kappa shape index (κ2) is 9.15. The summed E-state index contributed by atoms with van der Waals surface area (Å²) in [5.74, 6) is 0. The highest BCUT2D eigenvalue weighted by atomic mass is 19.4. The van der Waals surface area contributed by atoms with Crippen molar-refractivity contribution in [3.8, 4) is 0 Å². The van der Waals surface area contributed by atoms with E-state index in [1.807, 2.05) is 18.7 Å². The van der Waals surface area contributed by atoms with Crippen LogP contribution < -0.4 is 10.2 Å². The van der Waals surface area contributed by atoms with Crippen LogP contribution in [-0.2, 0) is 15.1 Å². The van der Waals surface area contributed by atoms with Crippen LogP contribution in [0.15, 0.2) is 24.3 Å². The van der Waals surface area contributed by atoms with Crippen molar-refractivity contribution in [1.82, 2.24) is 5.32 Å². The number of rotatable bonds is 6. The maximum atomic E-state index is 13.8. The lowest BCUT2D eigenvalue weighted by molar-refractivity contribution is -0.400. The Labute approximate surface area is 171 Å². The topological polar surface area (TPSA) is 33.7 Å². The number of ether oxygens (including phenoxy) is 2. The van der Waals surface area contributed by atoms with Gasteiger partial charge in [0.15, 0.2) is 0 Å². The summed E-state index contributed by atoms with van der Waals surface area (Å²) >= 11 is 0. The number of alkyl halides is 6. The molecule has 1 N–H and O–H groups in total. The van der Waals surface area contributed by atoms with Gasteiger partial charge in [-0.05, 0) is 38.5 Å². The minimum atomic E-state index is -5.75. The summed E-state index contributed by atoms with van der Waals surface area (Å²) in [5, 5.41) is 3.29. The number of halogens is 6. The van der Waals surface area contributed by atoms with E-state index in [9.17, 15) is 26.3 Å². The number of hydrogen-bond acceptors (Lipinski definition) is 4. The van der Waals surface area contributed by atoms with Gasteiger partial charge in [0, 0.05) is 43.5 Å². The SMILES string of the molecule is C/C=C\c1cc(C(OCOC)(C(F)(F)F)C(F)(F)F)ccc1N1C[C@H](C)NC[C@H]1C. The highest BCUT2D eigenvalue weighted by molar-refractivity contribution is 5.69. The van der Waals surface area contributed by atoms with Gasteiger partial charge in [-0.1, -0.05) is 18.2 Å². The Kier molecular flexibility index (Phi) is 7.47. The van der Waals surface area contributed by atoms with Crippen LogP contribution in [0, 0.1) is 0 Å². The number of allylic oxidation sites excluding steroid dienone is 1.